The number of hydrogen-bond donors (Lipinski definition) is 1. The number of alkyl halides is 3. The van der Waals surface area contributed by atoms with Crippen LogP contribution in [0.25, 0.3) is 11.0 Å². The van der Waals surface area contributed by atoms with E-state index in [1.165, 1.54) is 12.1 Å². The summed E-state index contributed by atoms with van der Waals surface area (Å²) in [5, 5.41) is 0.364. The van der Waals surface area contributed by atoms with Crippen LogP contribution < -0.4 is 5.73 Å². The fourth-order valence-corrected chi connectivity index (χ4v) is 2.13. The van der Waals surface area contributed by atoms with Crippen LogP contribution in [0.5, 0.6) is 0 Å². The number of fused-ring (bicyclic) bond motifs is 1. The molecule has 2 aromatic rings. The van der Waals surface area contributed by atoms with Gasteiger partial charge in [-0.15, -0.1) is 0 Å². The molecule has 0 aliphatic heterocycles. The number of aryl methyl sites for hydroxylation is 1. The Morgan fingerprint density at radius 3 is 2.42 bits per heavy atom. The van der Waals surface area contributed by atoms with Crippen LogP contribution in [0.3, 0.4) is 0 Å². The molecule has 0 saturated heterocycles. The molecule has 0 aliphatic carbocycles. The average molecular weight is 312 g/mol. The van der Waals surface area contributed by atoms with Crippen molar-refractivity contribution in [3.05, 3.63) is 28.0 Å². The van der Waals surface area contributed by atoms with Gasteiger partial charge in [0.15, 0.2) is 0 Å². The number of benzene rings is 1. The van der Waals surface area contributed by atoms with Gasteiger partial charge in [0.05, 0.1) is 21.1 Å². The Balaban J connectivity index is 2.67. The Hall–Kier alpha value is -0.980. The minimum Gasteiger partial charge on any atom is -0.330 e. The van der Waals surface area contributed by atoms with Crippen molar-refractivity contribution >= 4 is 34.2 Å². The zero-order valence-corrected chi connectivity index (χ0v) is 11.1. The lowest BCUT2D eigenvalue weighted by molar-refractivity contribution is -0.146. The van der Waals surface area contributed by atoms with Crippen molar-refractivity contribution in [2.75, 3.05) is 6.54 Å². The van der Waals surface area contributed by atoms with E-state index in [-0.39, 0.29) is 28.7 Å². The van der Waals surface area contributed by atoms with Crippen LogP contribution in [-0.4, -0.2) is 16.1 Å². The maximum absolute atomic E-state index is 12.9. The smallest absolute Gasteiger partial charge is 0.330 e. The lowest BCUT2D eigenvalue weighted by Crippen LogP contribution is -2.16. The summed E-state index contributed by atoms with van der Waals surface area (Å²) in [6.07, 6.45) is -4.12. The van der Waals surface area contributed by atoms with E-state index in [1.807, 2.05) is 0 Å². The van der Waals surface area contributed by atoms with Gasteiger partial charge in [0, 0.05) is 6.54 Å². The Bertz CT molecular complexity index is 607. The third-order valence-corrected chi connectivity index (χ3v) is 3.35. The lowest BCUT2D eigenvalue weighted by atomic mass is 10.3. The molecule has 2 rings (SSSR count). The minimum atomic E-state index is -4.54. The molecule has 0 unspecified atom stereocenters. The van der Waals surface area contributed by atoms with Gasteiger partial charge in [-0.1, -0.05) is 23.2 Å². The molecule has 0 aliphatic rings. The molecule has 1 aromatic carbocycles. The van der Waals surface area contributed by atoms with Gasteiger partial charge in [-0.2, -0.15) is 13.2 Å². The number of rotatable bonds is 3. The quantitative estimate of drug-likeness (QED) is 0.939. The second-order valence-corrected chi connectivity index (χ2v) is 4.80. The zero-order chi connectivity index (χ0) is 14.2. The highest BCUT2D eigenvalue weighted by Gasteiger charge is 2.37. The molecule has 2 N–H and O–H groups in total. The first-order valence-electron chi connectivity index (χ1n) is 5.47. The van der Waals surface area contributed by atoms with Gasteiger partial charge in [-0.3, -0.25) is 0 Å². The van der Waals surface area contributed by atoms with Gasteiger partial charge >= 0.3 is 6.18 Å². The molecule has 1 aromatic heterocycles. The predicted octanol–water partition coefficient (Wildman–Crippen LogP) is 3.71. The van der Waals surface area contributed by atoms with E-state index in [1.54, 1.807) is 0 Å². The Morgan fingerprint density at radius 1 is 1.21 bits per heavy atom. The first-order valence-corrected chi connectivity index (χ1v) is 6.22. The van der Waals surface area contributed by atoms with Crippen molar-refractivity contribution in [2.45, 2.75) is 19.1 Å². The van der Waals surface area contributed by atoms with Crippen LogP contribution in [0.4, 0.5) is 13.2 Å². The fraction of sp³-hybridized carbons (Fsp3) is 0.364. The highest BCUT2D eigenvalue weighted by Crippen LogP contribution is 2.34. The van der Waals surface area contributed by atoms with Gasteiger partial charge in [-0.05, 0) is 25.1 Å². The third kappa shape index (κ3) is 2.80. The molecule has 0 amide bonds. The van der Waals surface area contributed by atoms with Gasteiger partial charge in [-0.25, -0.2) is 4.98 Å². The summed E-state index contributed by atoms with van der Waals surface area (Å²) in [7, 11) is 0. The summed E-state index contributed by atoms with van der Waals surface area (Å²) in [5.74, 6) is -0.964. The normalized spacial score (nSPS) is 12.3. The van der Waals surface area contributed by atoms with Crippen LogP contribution in [-0.2, 0) is 12.7 Å². The van der Waals surface area contributed by atoms with Crippen LogP contribution in [0.15, 0.2) is 12.1 Å². The second-order valence-electron chi connectivity index (χ2n) is 3.98. The van der Waals surface area contributed by atoms with Gasteiger partial charge in [0.25, 0.3) is 0 Å². The SMILES string of the molecule is NCCCn1c(C(F)(F)F)nc2cc(Cl)c(Cl)cc21. The Labute approximate surface area is 117 Å². The highest BCUT2D eigenvalue weighted by molar-refractivity contribution is 6.42. The van der Waals surface area contributed by atoms with E-state index < -0.39 is 12.0 Å². The molecule has 0 atom stereocenters. The molecule has 1 heterocycles. The maximum atomic E-state index is 12.9. The van der Waals surface area contributed by atoms with Crippen molar-refractivity contribution in [1.29, 1.82) is 0 Å². The van der Waals surface area contributed by atoms with E-state index in [0.717, 1.165) is 4.57 Å². The summed E-state index contributed by atoms with van der Waals surface area (Å²) in [6.45, 7) is 0.415. The average Bonchev–Trinajstić information content (AvgIpc) is 2.65. The van der Waals surface area contributed by atoms with Crippen LogP contribution >= 0.6 is 23.2 Å². The molecule has 0 fully saturated rings. The van der Waals surface area contributed by atoms with Crippen molar-refractivity contribution in [3.8, 4) is 0 Å². The van der Waals surface area contributed by atoms with Crippen LogP contribution in [0.1, 0.15) is 12.2 Å². The van der Waals surface area contributed by atoms with E-state index in [0.29, 0.717) is 11.9 Å². The first-order chi connectivity index (χ1) is 8.84. The zero-order valence-electron chi connectivity index (χ0n) is 9.64. The number of nitrogens with two attached hydrogens (primary N) is 1. The number of nitrogens with zero attached hydrogens (tertiary/aromatic N) is 2. The van der Waals surface area contributed by atoms with Gasteiger partial charge in [0.2, 0.25) is 5.82 Å². The summed E-state index contributed by atoms with van der Waals surface area (Å²) in [4.78, 5) is 3.59. The van der Waals surface area contributed by atoms with Gasteiger partial charge in [0.1, 0.15) is 0 Å². The van der Waals surface area contributed by atoms with E-state index in [4.69, 9.17) is 28.9 Å². The van der Waals surface area contributed by atoms with Crippen LogP contribution in [0.2, 0.25) is 10.0 Å². The van der Waals surface area contributed by atoms with E-state index in [9.17, 15) is 13.2 Å². The van der Waals surface area contributed by atoms with Crippen molar-refractivity contribution in [2.24, 2.45) is 5.73 Å². The standard InChI is InChI=1S/C11H10Cl2F3N3/c12-6-4-8-9(5-7(6)13)19(3-1-2-17)10(18-8)11(14,15)16/h4-5H,1-3,17H2. The Morgan fingerprint density at radius 2 is 1.84 bits per heavy atom. The summed E-state index contributed by atoms with van der Waals surface area (Å²) in [5.41, 5.74) is 5.81. The van der Waals surface area contributed by atoms with E-state index >= 15 is 0 Å². The topological polar surface area (TPSA) is 43.8 Å². The minimum absolute atomic E-state index is 0.125. The fourth-order valence-electron chi connectivity index (χ4n) is 1.81. The third-order valence-electron chi connectivity index (χ3n) is 2.63. The molecule has 0 bridgehead atoms. The largest absolute Gasteiger partial charge is 0.449 e. The van der Waals surface area contributed by atoms with Crippen LogP contribution in [0, 0.1) is 0 Å². The summed E-state index contributed by atoms with van der Waals surface area (Å²) >= 11 is 11.6. The molecule has 0 radical (unpaired) electrons. The molecule has 19 heavy (non-hydrogen) atoms. The van der Waals surface area contributed by atoms with Gasteiger partial charge < -0.3 is 10.3 Å². The summed E-state index contributed by atoms with van der Waals surface area (Å²) < 4.78 is 39.9. The number of imidazole rings is 1. The molecule has 3 nitrogen and oxygen atoms in total. The monoisotopic (exact) mass is 311 g/mol. The molecule has 104 valence electrons. The molecular formula is C11H10Cl2F3N3. The predicted molar refractivity (Wildman–Crippen MR) is 68.4 cm³/mol. The second kappa shape index (κ2) is 5.19. The Kier molecular flexibility index (Phi) is 3.94. The molecular weight excluding hydrogens is 302 g/mol. The lowest BCUT2D eigenvalue weighted by Gasteiger charge is -2.10. The summed E-state index contributed by atoms with van der Waals surface area (Å²) in [6, 6.07) is 2.71. The molecule has 8 heteroatoms. The van der Waals surface area contributed by atoms with E-state index in [2.05, 4.69) is 4.98 Å². The molecule has 0 saturated carbocycles. The van der Waals surface area contributed by atoms with Crippen molar-refractivity contribution in [1.82, 2.24) is 9.55 Å². The number of aromatic nitrogens is 2. The first kappa shape index (κ1) is 14.4. The molecule has 0 spiro atoms. The number of hydrogen-bond acceptors (Lipinski definition) is 2. The maximum Gasteiger partial charge on any atom is 0.449 e. The van der Waals surface area contributed by atoms with Crippen molar-refractivity contribution < 1.29 is 13.2 Å². The number of halogens is 5. The van der Waals surface area contributed by atoms with Crippen molar-refractivity contribution in [3.63, 3.8) is 0 Å². The highest BCUT2D eigenvalue weighted by atomic mass is 35.5.